The first kappa shape index (κ1) is 16.4. The minimum absolute atomic E-state index is 0.0697. The molecule has 5 heteroatoms. The number of nitrogens with one attached hydrogen (secondary N) is 1. The summed E-state index contributed by atoms with van der Waals surface area (Å²) in [5, 5.41) is 2.89. The average molecular weight is 282 g/mol. The van der Waals surface area contributed by atoms with Crippen molar-refractivity contribution < 1.29 is 13.9 Å². The molecule has 0 unspecified atom stereocenters. The van der Waals surface area contributed by atoms with Crippen molar-refractivity contribution in [1.29, 1.82) is 0 Å². The Morgan fingerprint density at radius 3 is 2.70 bits per heavy atom. The number of benzene rings is 1. The Balaban J connectivity index is 2.58. The normalized spacial score (nSPS) is 10.7. The van der Waals surface area contributed by atoms with Crippen LogP contribution in [0, 0.1) is 5.82 Å². The maximum atomic E-state index is 13.2. The summed E-state index contributed by atoms with van der Waals surface area (Å²) in [5.74, 6) is 0.0144. The van der Waals surface area contributed by atoms with Crippen LogP contribution in [0.25, 0.3) is 0 Å². The molecular formula is C15H23FN2O2. The van der Waals surface area contributed by atoms with Crippen molar-refractivity contribution in [3.05, 3.63) is 29.6 Å². The summed E-state index contributed by atoms with van der Waals surface area (Å²) in [4.78, 5) is 11.7. The number of hydrogen-bond acceptors (Lipinski definition) is 3. The summed E-state index contributed by atoms with van der Waals surface area (Å²) in [5.41, 5.74) is 6.16. The molecule has 4 nitrogen and oxygen atoms in total. The van der Waals surface area contributed by atoms with Crippen molar-refractivity contribution in [2.45, 2.75) is 39.2 Å². The Hall–Kier alpha value is -1.62. The van der Waals surface area contributed by atoms with Gasteiger partial charge in [-0.2, -0.15) is 0 Å². The minimum Gasteiger partial charge on any atom is -0.483 e. The van der Waals surface area contributed by atoms with Crippen LogP contribution in [-0.4, -0.2) is 25.1 Å². The molecule has 0 aromatic heterocycles. The number of amides is 1. The third-order valence-electron chi connectivity index (χ3n) is 3.15. The van der Waals surface area contributed by atoms with Crippen LogP contribution in [0.3, 0.4) is 0 Å². The molecule has 0 radical (unpaired) electrons. The highest BCUT2D eigenvalue weighted by atomic mass is 19.1. The molecule has 112 valence electrons. The van der Waals surface area contributed by atoms with Crippen LogP contribution >= 0.6 is 0 Å². The molecule has 0 fully saturated rings. The average Bonchev–Trinajstić information content (AvgIpc) is 2.44. The van der Waals surface area contributed by atoms with Gasteiger partial charge in [-0.15, -0.1) is 0 Å². The van der Waals surface area contributed by atoms with Gasteiger partial charge in [0.1, 0.15) is 11.6 Å². The van der Waals surface area contributed by atoms with E-state index in [1.165, 1.54) is 18.2 Å². The topological polar surface area (TPSA) is 64.3 Å². The second-order valence-electron chi connectivity index (χ2n) is 4.66. The van der Waals surface area contributed by atoms with Gasteiger partial charge in [0.25, 0.3) is 5.91 Å². The van der Waals surface area contributed by atoms with Gasteiger partial charge in [0.15, 0.2) is 6.61 Å². The standard InChI is InChI=1S/C15H23FN2O2/c1-3-13(4-2)18-15(19)10-20-14-6-5-12(16)9-11(14)7-8-17/h5-6,9,13H,3-4,7-8,10,17H2,1-2H3,(H,18,19). The van der Waals surface area contributed by atoms with Gasteiger partial charge < -0.3 is 15.8 Å². The SMILES string of the molecule is CCC(CC)NC(=O)COc1ccc(F)cc1CCN. The maximum Gasteiger partial charge on any atom is 0.258 e. The summed E-state index contributed by atoms with van der Waals surface area (Å²) in [6, 6.07) is 4.41. The molecule has 1 rings (SSSR count). The Kier molecular flexibility index (Phi) is 7.01. The zero-order chi connectivity index (χ0) is 15.0. The van der Waals surface area contributed by atoms with E-state index in [9.17, 15) is 9.18 Å². The number of carbonyl (C=O) groups is 1. The van der Waals surface area contributed by atoms with Crippen LogP contribution in [0.4, 0.5) is 4.39 Å². The molecule has 1 amide bonds. The van der Waals surface area contributed by atoms with Crippen LogP contribution < -0.4 is 15.8 Å². The summed E-state index contributed by atoms with van der Waals surface area (Å²) in [6.07, 6.45) is 2.29. The third-order valence-corrected chi connectivity index (χ3v) is 3.15. The first-order chi connectivity index (χ1) is 9.60. The highest BCUT2D eigenvalue weighted by Crippen LogP contribution is 2.20. The summed E-state index contributed by atoms with van der Waals surface area (Å²) in [6.45, 7) is 4.38. The molecule has 3 N–H and O–H groups in total. The number of ether oxygens (including phenoxy) is 1. The lowest BCUT2D eigenvalue weighted by Crippen LogP contribution is -2.37. The quantitative estimate of drug-likeness (QED) is 0.766. The lowest BCUT2D eigenvalue weighted by atomic mass is 10.1. The zero-order valence-corrected chi connectivity index (χ0v) is 12.1. The molecular weight excluding hydrogens is 259 g/mol. The van der Waals surface area contributed by atoms with E-state index in [0.29, 0.717) is 24.3 Å². The van der Waals surface area contributed by atoms with E-state index >= 15 is 0 Å². The Morgan fingerprint density at radius 2 is 2.10 bits per heavy atom. The summed E-state index contributed by atoms with van der Waals surface area (Å²) >= 11 is 0. The summed E-state index contributed by atoms with van der Waals surface area (Å²) < 4.78 is 18.6. The minimum atomic E-state index is -0.331. The van der Waals surface area contributed by atoms with Gasteiger partial charge in [-0.05, 0) is 49.6 Å². The van der Waals surface area contributed by atoms with Gasteiger partial charge in [0.2, 0.25) is 0 Å². The highest BCUT2D eigenvalue weighted by molar-refractivity contribution is 5.77. The molecule has 0 aliphatic carbocycles. The monoisotopic (exact) mass is 282 g/mol. The van der Waals surface area contributed by atoms with Gasteiger partial charge in [-0.3, -0.25) is 4.79 Å². The molecule has 1 aromatic rings. The predicted molar refractivity (Wildman–Crippen MR) is 77.2 cm³/mol. The smallest absolute Gasteiger partial charge is 0.258 e. The fraction of sp³-hybridized carbons (Fsp3) is 0.533. The first-order valence-electron chi connectivity index (χ1n) is 7.01. The number of hydrogen-bond donors (Lipinski definition) is 2. The number of nitrogens with two attached hydrogens (primary N) is 1. The van der Waals surface area contributed by atoms with Crippen LogP contribution in [-0.2, 0) is 11.2 Å². The lowest BCUT2D eigenvalue weighted by molar-refractivity contribution is -0.123. The molecule has 0 saturated carbocycles. The third kappa shape index (κ3) is 5.17. The Morgan fingerprint density at radius 1 is 1.40 bits per heavy atom. The molecule has 0 saturated heterocycles. The lowest BCUT2D eigenvalue weighted by Gasteiger charge is -2.16. The molecule has 0 spiro atoms. The van der Waals surface area contributed by atoms with E-state index in [1.54, 1.807) is 0 Å². The Labute approximate surface area is 119 Å². The fourth-order valence-corrected chi connectivity index (χ4v) is 1.95. The highest BCUT2D eigenvalue weighted by Gasteiger charge is 2.11. The van der Waals surface area contributed by atoms with Crippen LogP contribution in [0.15, 0.2) is 18.2 Å². The molecule has 0 heterocycles. The van der Waals surface area contributed by atoms with Crippen molar-refractivity contribution in [3.63, 3.8) is 0 Å². The van der Waals surface area contributed by atoms with Crippen molar-refractivity contribution >= 4 is 5.91 Å². The van der Waals surface area contributed by atoms with Crippen LogP contribution in [0.2, 0.25) is 0 Å². The predicted octanol–water partition coefficient (Wildman–Crippen LogP) is 2.01. The van der Waals surface area contributed by atoms with Crippen molar-refractivity contribution in [2.24, 2.45) is 5.73 Å². The van der Waals surface area contributed by atoms with E-state index in [-0.39, 0.29) is 24.4 Å². The van der Waals surface area contributed by atoms with Crippen LogP contribution in [0.5, 0.6) is 5.75 Å². The number of rotatable bonds is 8. The molecule has 0 atom stereocenters. The van der Waals surface area contributed by atoms with E-state index in [4.69, 9.17) is 10.5 Å². The number of halogens is 1. The molecule has 20 heavy (non-hydrogen) atoms. The molecule has 0 aliphatic rings. The fourth-order valence-electron chi connectivity index (χ4n) is 1.95. The second-order valence-corrected chi connectivity index (χ2v) is 4.66. The van der Waals surface area contributed by atoms with Crippen LogP contribution in [0.1, 0.15) is 32.3 Å². The van der Waals surface area contributed by atoms with E-state index in [0.717, 1.165) is 12.8 Å². The summed E-state index contributed by atoms with van der Waals surface area (Å²) in [7, 11) is 0. The van der Waals surface area contributed by atoms with Gasteiger partial charge in [-0.1, -0.05) is 13.8 Å². The van der Waals surface area contributed by atoms with Crippen molar-refractivity contribution in [1.82, 2.24) is 5.32 Å². The molecule has 0 bridgehead atoms. The Bertz CT molecular complexity index is 434. The first-order valence-corrected chi connectivity index (χ1v) is 7.01. The van der Waals surface area contributed by atoms with Crippen molar-refractivity contribution in [2.75, 3.05) is 13.2 Å². The number of carbonyl (C=O) groups excluding carboxylic acids is 1. The maximum absolute atomic E-state index is 13.2. The van der Waals surface area contributed by atoms with Gasteiger partial charge >= 0.3 is 0 Å². The molecule has 0 aliphatic heterocycles. The second kappa shape index (κ2) is 8.53. The van der Waals surface area contributed by atoms with Crippen molar-refractivity contribution in [3.8, 4) is 5.75 Å². The zero-order valence-electron chi connectivity index (χ0n) is 12.1. The largest absolute Gasteiger partial charge is 0.483 e. The van der Waals surface area contributed by atoms with Gasteiger partial charge in [0.05, 0.1) is 0 Å². The van der Waals surface area contributed by atoms with Gasteiger partial charge in [0, 0.05) is 6.04 Å². The van der Waals surface area contributed by atoms with E-state index in [2.05, 4.69) is 5.32 Å². The molecule has 1 aromatic carbocycles. The van der Waals surface area contributed by atoms with E-state index < -0.39 is 0 Å². The van der Waals surface area contributed by atoms with Gasteiger partial charge in [-0.25, -0.2) is 4.39 Å². The van der Waals surface area contributed by atoms with E-state index in [1.807, 2.05) is 13.8 Å².